The van der Waals surface area contributed by atoms with E-state index in [-0.39, 0.29) is 24.4 Å². The first-order chi connectivity index (χ1) is 28.4. The van der Waals surface area contributed by atoms with Crippen LogP contribution in [0.25, 0.3) is 12.2 Å². The Morgan fingerprint density at radius 3 is 1.36 bits per heavy atom. The molecule has 0 amide bonds. The highest BCUT2D eigenvalue weighted by Crippen LogP contribution is 2.21. The van der Waals surface area contributed by atoms with Gasteiger partial charge in [-0.15, -0.1) is 0 Å². The zero-order valence-corrected chi connectivity index (χ0v) is 34.0. The lowest BCUT2D eigenvalue weighted by Crippen LogP contribution is -2.29. The van der Waals surface area contributed by atoms with Gasteiger partial charge in [0.2, 0.25) is 0 Å². The predicted octanol–water partition coefficient (Wildman–Crippen LogP) is 9.39. The molecule has 0 N–H and O–H groups in total. The molecule has 4 aromatic carbocycles. The molecule has 0 atom stereocenters. The number of hydrogen-bond acceptors (Lipinski definition) is 9. The lowest BCUT2D eigenvalue weighted by Gasteiger charge is -2.26. The average Bonchev–Trinajstić information content (AvgIpc) is 3.26. The third-order valence-corrected chi connectivity index (χ3v) is 9.56. The fourth-order valence-electron chi connectivity index (χ4n) is 6.51. The van der Waals surface area contributed by atoms with Crippen LogP contribution >= 0.6 is 0 Å². The van der Waals surface area contributed by atoms with Gasteiger partial charge < -0.3 is 24.0 Å². The predicted molar refractivity (Wildman–Crippen MR) is 232 cm³/mol. The van der Waals surface area contributed by atoms with Crippen LogP contribution in [0.2, 0.25) is 0 Å². The van der Waals surface area contributed by atoms with E-state index in [1.807, 2.05) is 72.8 Å². The van der Waals surface area contributed by atoms with E-state index in [1.165, 1.54) is 11.1 Å². The summed E-state index contributed by atoms with van der Waals surface area (Å²) in [6.45, 7) is 8.36. The highest BCUT2D eigenvalue weighted by Gasteiger charge is 2.13. The van der Waals surface area contributed by atoms with Crippen LogP contribution in [0.1, 0.15) is 68.2 Å². The molecule has 0 spiro atoms. The highest BCUT2D eigenvalue weighted by atomic mass is 16.5. The molecule has 9 heteroatoms. The summed E-state index contributed by atoms with van der Waals surface area (Å²) in [6.07, 6.45) is 10.2. The topological polar surface area (TPSA) is 116 Å². The Labute approximate surface area is 344 Å². The lowest BCUT2D eigenvalue weighted by atomic mass is 10.1. The minimum absolute atomic E-state index is 0.0235. The molecule has 0 aliphatic rings. The molecule has 0 heterocycles. The van der Waals surface area contributed by atoms with Crippen LogP contribution in [0.5, 0.6) is 0 Å². The van der Waals surface area contributed by atoms with E-state index in [2.05, 4.69) is 58.3 Å². The SMILES string of the molecule is CCOC(=O)C(C#N)=Cc1ccc(N(CCCCc2ccccc2)CCCOCCN(CCCCc2ccccc2)c2ccc(C=C(C#N)C(=O)OCC)cc2)cc1. The molecule has 0 aliphatic carbocycles. The first kappa shape index (κ1) is 44.6. The molecular weight excluding hydrogens is 725 g/mol. The van der Waals surface area contributed by atoms with Crippen LogP contribution < -0.4 is 9.80 Å². The van der Waals surface area contributed by atoms with Crippen LogP contribution in [0, 0.1) is 22.7 Å². The number of unbranched alkanes of at least 4 members (excludes halogenated alkanes) is 2. The van der Waals surface area contributed by atoms with Gasteiger partial charge in [-0.3, -0.25) is 0 Å². The normalized spacial score (nSPS) is 11.3. The molecule has 0 bridgehead atoms. The van der Waals surface area contributed by atoms with Gasteiger partial charge in [0.25, 0.3) is 0 Å². The summed E-state index contributed by atoms with van der Waals surface area (Å²) in [5.41, 5.74) is 6.28. The van der Waals surface area contributed by atoms with E-state index in [9.17, 15) is 20.1 Å². The maximum atomic E-state index is 12.1. The summed E-state index contributed by atoms with van der Waals surface area (Å²) in [5.74, 6) is -1.24. The minimum Gasteiger partial charge on any atom is -0.462 e. The average molecular weight is 781 g/mol. The van der Waals surface area contributed by atoms with Gasteiger partial charge in [-0.2, -0.15) is 10.5 Å². The van der Waals surface area contributed by atoms with Crippen molar-refractivity contribution in [3.05, 3.63) is 143 Å². The van der Waals surface area contributed by atoms with Gasteiger partial charge in [-0.25, -0.2) is 9.59 Å². The Balaban J connectivity index is 1.35. The van der Waals surface area contributed by atoms with Crippen molar-refractivity contribution in [2.45, 2.75) is 58.8 Å². The zero-order valence-electron chi connectivity index (χ0n) is 34.0. The number of ether oxygens (including phenoxy) is 3. The zero-order chi connectivity index (χ0) is 41.2. The third kappa shape index (κ3) is 15.8. The maximum absolute atomic E-state index is 12.1. The van der Waals surface area contributed by atoms with Gasteiger partial charge in [0.15, 0.2) is 0 Å². The van der Waals surface area contributed by atoms with E-state index in [0.717, 1.165) is 93.6 Å². The molecule has 58 heavy (non-hydrogen) atoms. The van der Waals surface area contributed by atoms with Crippen LogP contribution in [0.3, 0.4) is 0 Å². The Morgan fingerprint density at radius 1 is 0.534 bits per heavy atom. The standard InChI is InChI=1S/C49H56N4O5/c1-3-57-48(54)44(38-50)36-42-22-26-46(27-23-42)52(30-13-11-20-40-16-7-5-8-17-40)32-15-34-56-35-33-53(31-14-12-21-41-18-9-6-10-19-41)47-28-24-43(25-29-47)37-45(39-51)49(55)58-4-2/h5-10,16-19,22-29,36-37H,3-4,11-15,20-21,30-35H2,1-2H3. The van der Waals surface area contributed by atoms with Crippen molar-refractivity contribution in [3.8, 4) is 12.1 Å². The number of hydrogen-bond donors (Lipinski definition) is 0. The quantitative estimate of drug-likeness (QED) is 0.0281. The Morgan fingerprint density at radius 2 is 0.948 bits per heavy atom. The molecule has 9 nitrogen and oxygen atoms in total. The number of nitrogens with zero attached hydrogens (tertiary/aromatic N) is 4. The van der Waals surface area contributed by atoms with Crippen LogP contribution in [0.4, 0.5) is 11.4 Å². The second-order valence-electron chi connectivity index (χ2n) is 13.8. The maximum Gasteiger partial charge on any atom is 0.348 e. The summed E-state index contributed by atoms with van der Waals surface area (Å²) in [6, 6.07) is 40.8. The lowest BCUT2D eigenvalue weighted by molar-refractivity contribution is -0.138. The second kappa shape index (κ2) is 25.9. The van der Waals surface area contributed by atoms with Gasteiger partial charge in [-0.1, -0.05) is 84.9 Å². The van der Waals surface area contributed by atoms with Crippen molar-refractivity contribution in [2.75, 3.05) is 62.4 Å². The Hall–Kier alpha value is -6.16. The molecule has 0 aliphatic heterocycles. The first-order valence-electron chi connectivity index (χ1n) is 20.4. The number of benzene rings is 4. The largest absolute Gasteiger partial charge is 0.462 e. The molecule has 0 aromatic heterocycles. The number of esters is 2. The molecule has 0 unspecified atom stereocenters. The molecule has 4 aromatic rings. The summed E-state index contributed by atoms with van der Waals surface area (Å²) in [4.78, 5) is 29.0. The summed E-state index contributed by atoms with van der Waals surface area (Å²) < 4.78 is 16.3. The fraction of sp³-hybridized carbons (Fsp3) is 0.347. The molecule has 0 fully saturated rings. The fourth-order valence-corrected chi connectivity index (χ4v) is 6.51. The highest BCUT2D eigenvalue weighted by molar-refractivity contribution is 5.98. The summed E-state index contributed by atoms with van der Waals surface area (Å²) >= 11 is 0. The minimum atomic E-state index is -0.620. The molecular formula is C49H56N4O5. The van der Waals surface area contributed by atoms with E-state index < -0.39 is 11.9 Å². The van der Waals surface area contributed by atoms with Crippen LogP contribution in [0.15, 0.2) is 120 Å². The van der Waals surface area contributed by atoms with E-state index in [4.69, 9.17) is 14.2 Å². The van der Waals surface area contributed by atoms with Gasteiger partial charge >= 0.3 is 11.9 Å². The number of carbonyl (C=O) groups excluding carboxylic acids is 2. The monoisotopic (exact) mass is 780 g/mol. The number of rotatable bonds is 25. The van der Waals surface area contributed by atoms with E-state index >= 15 is 0 Å². The number of anilines is 2. The van der Waals surface area contributed by atoms with Gasteiger partial charge in [0.05, 0.1) is 19.8 Å². The van der Waals surface area contributed by atoms with E-state index in [0.29, 0.717) is 13.2 Å². The molecule has 4 rings (SSSR count). The summed E-state index contributed by atoms with van der Waals surface area (Å²) in [7, 11) is 0. The molecule has 0 saturated heterocycles. The summed E-state index contributed by atoms with van der Waals surface area (Å²) in [5, 5.41) is 18.9. The number of carbonyl (C=O) groups is 2. The van der Waals surface area contributed by atoms with Crippen LogP contribution in [-0.4, -0.2) is 64.5 Å². The van der Waals surface area contributed by atoms with Gasteiger partial charge in [-0.05, 0) is 117 Å². The van der Waals surface area contributed by atoms with Crippen molar-refractivity contribution in [3.63, 3.8) is 0 Å². The van der Waals surface area contributed by atoms with Crippen molar-refractivity contribution in [2.24, 2.45) is 0 Å². The van der Waals surface area contributed by atoms with Crippen molar-refractivity contribution < 1.29 is 23.8 Å². The number of aryl methyl sites for hydroxylation is 2. The van der Waals surface area contributed by atoms with Crippen molar-refractivity contribution in [1.82, 2.24) is 0 Å². The van der Waals surface area contributed by atoms with Gasteiger partial charge in [0, 0.05) is 44.2 Å². The van der Waals surface area contributed by atoms with Crippen LogP contribution in [-0.2, 0) is 36.6 Å². The second-order valence-corrected chi connectivity index (χ2v) is 13.8. The Bertz CT molecular complexity index is 1820. The Kier molecular flexibility index (Phi) is 19.9. The smallest absolute Gasteiger partial charge is 0.348 e. The van der Waals surface area contributed by atoms with Gasteiger partial charge in [0.1, 0.15) is 23.3 Å². The van der Waals surface area contributed by atoms with Crippen molar-refractivity contribution in [1.29, 1.82) is 10.5 Å². The molecule has 0 radical (unpaired) electrons. The van der Waals surface area contributed by atoms with Crippen molar-refractivity contribution >= 4 is 35.5 Å². The molecule has 0 saturated carbocycles. The molecule has 302 valence electrons. The third-order valence-electron chi connectivity index (χ3n) is 9.56. The number of nitriles is 2. The van der Waals surface area contributed by atoms with E-state index in [1.54, 1.807) is 26.0 Å². The first-order valence-corrected chi connectivity index (χ1v) is 20.4.